The topological polar surface area (TPSA) is 76.7 Å². The molecular weight excluding hydrogens is 316 g/mol. The zero-order valence-electron chi connectivity index (χ0n) is 12.1. The van der Waals surface area contributed by atoms with Gasteiger partial charge < -0.3 is 14.8 Å². The van der Waals surface area contributed by atoms with Crippen molar-refractivity contribution in [3.8, 4) is 11.5 Å². The largest absolute Gasteiger partial charge is 0.497 e. The van der Waals surface area contributed by atoms with Crippen molar-refractivity contribution in [2.45, 2.75) is 23.8 Å². The molecule has 0 saturated carbocycles. The lowest BCUT2D eigenvalue weighted by atomic mass is 10.1. The minimum atomic E-state index is -3.63. The lowest BCUT2D eigenvalue weighted by molar-refractivity contribution is 0.390. The first-order valence-corrected chi connectivity index (χ1v) is 8.00. The maximum atomic E-state index is 12.5. The van der Waals surface area contributed by atoms with Gasteiger partial charge in [0.05, 0.1) is 14.2 Å². The fourth-order valence-electron chi connectivity index (χ4n) is 2.23. The molecule has 120 valence electrons. The molecule has 2 rings (SSSR count). The lowest BCUT2D eigenvalue weighted by Crippen LogP contribution is -2.45. The third-order valence-electron chi connectivity index (χ3n) is 3.28. The quantitative estimate of drug-likeness (QED) is 0.843. The van der Waals surface area contributed by atoms with Gasteiger partial charge in [-0.25, -0.2) is 13.1 Å². The number of nitrogens with one attached hydrogen (secondary N) is 2. The molecule has 0 radical (unpaired) electrons. The molecule has 1 saturated heterocycles. The molecule has 6 nitrogen and oxygen atoms in total. The minimum absolute atomic E-state index is 0. The molecule has 1 atom stereocenters. The van der Waals surface area contributed by atoms with E-state index in [0.29, 0.717) is 18.0 Å². The van der Waals surface area contributed by atoms with Crippen LogP contribution in [0.15, 0.2) is 23.1 Å². The summed E-state index contributed by atoms with van der Waals surface area (Å²) in [7, 11) is -0.686. The van der Waals surface area contributed by atoms with Crippen LogP contribution < -0.4 is 19.5 Å². The highest BCUT2D eigenvalue weighted by atomic mass is 35.5. The van der Waals surface area contributed by atoms with Crippen LogP contribution >= 0.6 is 12.4 Å². The molecule has 1 heterocycles. The summed E-state index contributed by atoms with van der Waals surface area (Å²) in [4.78, 5) is 0.102. The Bertz CT molecular complexity index is 559. The van der Waals surface area contributed by atoms with Gasteiger partial charge in [-0.05, 0) is 31.5 Å². The zero-order valence-corrected chi connectivity index (χ0v) is 13.7. The normalized spacial score (nSPS) is 18.7. The Labute approximate surface area is 131 Å². The predicted molar refractivity (Wildman–Crippen MR) is 83.0 cm³/mol. The monoisotopic (exact) mass is 336 g/mol. The molecule has 1 aliphatic heterocycles. The molecule has 0 spiro atoms. The fraction of sp³-hybridized carbons (Fsp3) is 0.538. The number of methoxy groups -OCH3 is 2. The lowest BCUT2D eigenvalue weighted by Gasteiger charge is -2.24. The molecule has 0 amide bonds. The van der Waals surface area contributed by atoms with Gasteiger partial charge in [0.25, 0.3) is 0 Å². The molecule has 1 aromatic rings. The van der Waals surface area contributed by atoms with Crippen LogP contribution in [0.25, 0.3) is 0 Å². The second-order valence-electron chi connectivity index (χ2n) is 4.68. The average molecular weight is 337 g/mol. The number of piperidine rings is 1. The van der Waals surface area contributed by atoms with Crippen molar-refractivity contribution in [3.05, 3.63) is 18.2 Å². The maximum Gasteiger partial charge on any atom is 0.244 e. The van der Waals surface area contributed by atoms with Crippen molar-refractivity contribution < 1.29 is 17.9 Å². The van der Waals surface area contributed by atoms with E-state index in [1.54, 1.807) is 12.1 Å². The van der Waals surface area contributed by atoms with Crippen molar-refractivity contribution in [2.75, 3.05) is 27.3 Å². The van der Waals surface area contributed by atoms with Crippen LogP contribution in [0.4, 0.5) is 0 Å². The van der Waals surface area contributed by atoms with E-state index in [0.717, 1.165) is 19.4 Å². The van der Waals surface area contributed by atoms with Crippen molar-refractivity contribution in [1.29, 1.82) is 0 Å². The first-order chi connectivity index (χ1) is 9.56. The summed E-state index contributed by atoms with van der Waals surface area (Å²) in [5.41, 5.74) is 0. The standard InChI is InChI=1S/C13H20N2O4S.ClH/c1-18-11-5-6-12(19-2)13(8-11)20(16,17)15-10-4-3-7-14-9-10;/h5-6,8,10,14-15H,3-4,7,9H2,1-2H3;1H/t10-;/m0./s1. The van der Waals surface area contributed by atoms with E-state index < -0.39 is 10.0 Å². The van der Waals surface area contributed by atoms with Crippen LogP contribution in [0.5, 0.6) is 11.5 Å². The number of benzene rings is 1. The molecule has 1 fully saturated rings. The van der Waals surface area contributed by atoms with E-state index in [1.165, 1.54) is 20.3 Å². The molecule has 0 aromatic heterocycles. The minimum Gasteiger partial charge on any atom is -0.497 e. The van der Waals surface area contributed by atoms with Gasteiger partial charge in [0.1, 0.15) is 16.4 Å². The van der Waals surface area contributed by atoms with E-state index in [-0.39, 0.29) is 23.3 Å². The molecule has 1 aliphatic rings. The summed E-state index contributed by atoms with van der Waals surface area (Å²) >= 11 is 0. The summed E-state index contributed by atoms with van der Waals surface area (Å²) < 4.78 is 37.9. The summed E-state index contributed by atoms with van der Waals surface area (Å²) in [5.74, 6) is 0.787. The highest BCUT2D eigenvalue weighted by molar-refractivity contribution is 7.89. The first kappa shape index (κ1) is 18.0. The Hall–Kier alpha value is -1.02. The molecule has 1 aromatic carbocycles. The molecule has 2 N–H and O–H groups in total. The fourth-order valence-corrected chi connectivity index (χ4v) is 3.68. The molecule has 21 heavy (non-hydrogen) atoms. The molecule has 0 unspecified atom stereocenters. The number of rotatable bonds is 5. The first-order valence-electron chi connectivity index (χ1n) is 6.52. The van der Waals surface area contributed by atoms with Gasteiger partial charge in [-0.2, -0.15) is 0 Å². The Kier molecular flexibility index (Phi) is 6.73. The van der Waals surface area contributed by atoms with Gasteiger partial charge in [0, 0.05) is 18.7 Å². The Morgan fingerprint density at radius 2 is 2.05 bits per heavy atom. The van der Waals surface area contributed by atoms with E-state index in [9.17, 15) is 8.42 Å². The van der Waals surface area contributed by atoms with Gasteiger partial charge >= 0.3 is 0 Å². The van der Waals surface area contributed by atoms with Gasteiger partial charge in [0.2, 0.25) is 10.0 Å². The Morgan fingerprint density at radius 1 is 1.29 bits per heavy atom. The highest BCUT2D eigenvalue weighted by Gasteiger charge is 2.25. The van der Waals surface area contributed by atoms with Crippen molar-refractivity contribution in [1.82, 2.24) is 10.0 Å². The van der Waals surface area contributed by atoms with E-state index in [2.05, 4.69) is 10.0 Å². The van der Waals surface area contributed by atoms with Crippen molar-refractivity contribution >= 4 is 22.4 Å². The van der Waals surface area contributed by atoms with E-state index >= 15 is 0 Å². The van der Waals surface area contributed by atoms with Crippen LogP contribution in [0.3, 0.4) is 0 Å². The molecule has 0 bridgehead atoms. The van der Waals surface area contributed by atoms with Gasteiger partial charge in [-0.15, -0.1) is 12.4 Å². The van der Waals surface area contributed by atoms with Gasteiger partial charge in [0.15, 0.2) is 0 Å². The molecule has 8 heteroatoms. The zero-order chi connectivity index (χ0) is 14.6. The van der Waals surface area contributed by atoms with Crippen LogP contribution in [0.2, 0.25) is 0 Å². The van der Waals surface area contributed by atoms with Crippen LogP contribution in [-0.2, 0) is 10.0 Å². The Balaban J connectivity index is 0.00000220. The van der Waals surface area contributed by atoms with E-state index in [1.807, 2.05) is 0 Å². The van der Waals surface area contributed by atoms with Crippen LogP contribution in [-0.4, -0.2) is 41.8 Å². The third kappa shape index (κ3) is 4.47. The summed E-state index contributed by atoms with van der Waals surface area (Å²) in [6.07, 6.45) is 1.79. The predicted octanol–water partition coefficient (Wildman–Crippen LogP) is 1.16. The number of sulfonamides is 1. The number of hydrogen-bond acceptors (Lipinski definition) is 5. The molecule has 0 aliphatic carbocycles. The van der Waals surface area contributed by atoms with Gasteiger partial charge in [-0.1, -0.05) is 0 Å². The maximum absolute atomic E-state index is 12.5. The second-order valence-corrected chi connectivity index (χ2v) is 6.36. The average Bonchev–Trinajstić information content (AvgIpc) is 2.47. The molecular formula is C13H21ClN2O4S. The summed E-state index contributed by atoms with van der Waals surface area (Å²) in [6.45, 7) is 1.58. The highest BCUT2D eigenvalue weighted by Crippen LogP contribution is 2.28. The second kappa shape index (κ2) is 7.84. The number of halogens is 1. The summed E-state index contributed by atoms with van der Waals surface area (Å²) in [6, 6.07) is 4.63. The SMILES string of the molecule is COc1ccc(OC)c(S(=O)(=O)N[C@H]2CCCNC2)c1.Cl. The van der Waals surface area contributed by atoms with Crippen molar-refractivity contribution in [2.24, 2.45) is 0 Å². The van der Waals surface area contributed by atoms with E-state index in [4.69, 9.17) is 9.47 Å². The summed E-state index contributed by atoms with van der Waals surface area (Å²) in [5, 5.41) is 3.18. The Morgan fingerprint density at radius 3 is 2.62 bits per heavy atom. The number of ether oxygens (including phenoxy) is 2. The smallest absolute Gasteiger partial charge is 0.244 e. The third-order valence-corrected chi connectivity index (χ3v) is 4.82. The van der Waals surface area contributed by atoms with Gasteiger partial charge in [-0.3, -0.25) is 0 Å². The van der Waals surface area contributed by atoms with Crippen LogP contribution in [0.1, 0.15) is 12.8 Å². The van der Waals surface area contributed by atoms with Crippen molar-refractivity contribution in [3.63, 3.8) is 0 Å². The number of hydrogen-bond donors (Lipinski definition) is 2. The van der Waals surface area contributed by atoms with Crippen LogP contribution in [0, 0.1) is 0 Å².